The van der Waals surface area contributed by atoms with Gasteiger partial charge in [0.2, 0.25) is 0 Å². The highest BCUT2D eigenvalue weighted by atomic mass is 35.5. The van der Waals surface area contributed by atoms with Gasteiger partial charge < -0.3 is 11.1 Å². The minimum Gasteiger partial charge on any atom is -0.383 e. The van der Waals surface area contributed by atoms with Crippen LogP contribution in [-0.2, 0) is 12.8 Å². The second-order valence-electron chi connectivity index (χ2n) is 5.60. The number of halogens is 1. The summed E-state index contributed by atoms with van der Waals surface area (Å²) in [6.45, 7) is 0. The van der Waals surface area contributed by atoms with E-state index in [2.05, 4.69) is 28.5 Å². The van der Waals surface area contributed by atoms with Gasteiger partial charge in [0, 0.05) is 6.04 Å². The Morgan fingerprint density at radius 2 is 2.00 bits per heavy atom. The topological polar surface area (TPSA) is 68.0 Å². The zero-order chi connectivity index (χ0) is 15.5. The first kappa shape index (κ1) is 14.9. The van der Waals surface area contributed by atoms with Crippen LogP contribution in [0, 0.1) is 0 Å². The molecule has 1 aliphatic carbocycles. The Kier molecular flexibility index (Phi) is 4.29. The first-order valence-electron chi connectivity index (χ1n) is 7.43. The van der Waals surface area contributed by atoms with E-state index in [1.54, 1.807) is 12.1 Å². The molecule has 0 aliphatic heterocycles. The van der Waals surface area contributed by atoms with Gasteiger partial charge in [0.15, 0.2) is 0 Å². The van der Waals surface area contributed by atoms with Crippen molar-refractivity contribution in [3.63, 3.8) is 0 Å². The van der Waals surface area contributed by atoms with Crippen molar-refractivity contribution < 1.29 is 4.79 Å². The number of nitrogens with one attached hydrogen (secondary N) is 1. The lowest BCUT2D eigenvalue weighted by Crippen LogP contribution is -2.36. The van der Waals surface area contributed by atoms with Gasteiger partial charge in [0.25, 0.3) is 5.91 Å². The van der Waals surface area contributed by atoms with E-state index < -0.39 is 0 Å². The molecule has 3 rings (SSSR count). The number of fused-ring (bicyclic) bond motifs is 1. The molecule has 5 heteroatoms. The molecule has 4 nitrogen and oxygen atoms in total. The number of nitrogens with zero attached hydrogens (tertiary/aromatic N) is 1. The number of benzene rings is 1. The van der Waals surface area contributed by atoms with Gasteiger partial charge in [-0.1, -0.05) is 35.9 Å². The van der Waals surface area contributed by atoms with E-state index in [1.165, 1.54) is 11.1 Å². The van der Waals surface area contributed by atoms with Crippen molar-refractivity contribution in [2.24, 2.45) is 0 Å². The average Bonchev–Trinajstić information content (AvgIpc) is 2.68. The number of amides is 1. The summed E-state index contributed by atoms with van der Waals surface area (Å²) in [4.78, 5) is 16.3. The number of carbonyl (C=O) groups is 1. The van der Waals surface area contributed by atoms with Gasteiger partial charge >= 0.3 is 0 Å². The molecule has 0 bridgehead atoms. The van der Waals surface area contributed by atoms with Crippen LogP contribution in [0.2, 0.25) is 5.15 Å². The molecule has 0 fully saturated rings. The van der Waals surface area contributed by atoms with Crippen LogP contribution in [0.15, 0.2) is 36.4 Å². The summed E-state index contributed by atoms with van der Waals surface area (Å²) >= 11 is 5.77. The van der Waals surface area contributed by atoms with Crippen molar-refractivity contribution >= 4 is 23.3 Å². The SMILES string of the molecule is Nc1nc(Cl)ccc1C(=O)NC1CCCc2ccccc2C1. The minimum atomic E-state index is -0.189. The second-order valence-corrected chi connectivity index (χ2v) is 5.99. The summed E-state index contributed by atoms with van der Waals surface area (Å²) in [5, 5.41) is 3.36. The van der Waals surface area contributed by atoms with Crippen LogP contribution in [0.1, 0.15) is 34.3 Å². The molecule has 1 aliphatic rings. The lowest BCUT2D eigenvalue weighted by Gasteiger charge is -2.17. The van der Waals surface area contributed by atoms with Crippen molar-refractivity contribution in [2.45, 2.75) is 31.7 Å². The van der Waals surface area contributed by atoms with Crippen LogP contribution >= 0.6 is 11.6 Å². The zero-order valence-electron chi connectivity index (χ0n) is 12.2. The zero-order valence-corrected chi connectivity index (χ0v) is 12.9. The maximum Gasteiger partial charge on any atom is 0.255 e. The Hall–Kier alpha value is -2.07. The Bertz CT molecular complexity index is 702. The molecule has 0 saturated heterocycles. The molecule has 22 heavy (non-hydrogen) atoms. The number of aromatic nitrogens is 1. The summed E-state index contributed by atoms with van der Waals surface area (Å²) in [5.41, 5.74) is 8.85. The number of nitrogens with two attached hydrogens (primary N) is 1. The maximum atomic E-state index is 12.4. The van der Waals surface area contributed by atoms with Crippen LogP contribution in [0.5, 0.6) is 0 Å². The van der Waals surface area contributed by atoms with Gasteiger partial charge in [-0.2, -0.15) is 0 Å². The highest BCUT2D eigenvalue weighted by molar-refractivity contribution is 6.29. The largest absolute Gasteiger partial charge is 0.383 e. The Morgan fingerprint density at radius 1 is 1.23 bits per heavy atom. The molecule has 114 valence electrons. The molecule has 0 spiro atoms. The van der Waals surface area contributed by atoms with Crippen LogP contribution in [0.25, 0.3) is 0 Å². The van der Waals surface area contributed by atoms with Crippen molar-refractivity contribution in [2.75, 3.05) is 5.73 Å². The Labute approximate surface area is 134 Å². The van der Waals surface area contributed by atoms with E-state index in [4.69, 9.17) is 17.3 Å². The van der Waals surface area contributed by atoms with Gasteiger partial charge in [0.1, 0.15) is 11.0 Å². The standard InChI is InChI=1S/C17H18ClN3O/c18-15-9-8-14(16(19)21-15)17(22)20-13-7-3-6-11-4-1-2-5-12(11)10-13/h1-2,4-5,8-9,13H,3,6-7,10H2,(H2,19,21)(H,20,22). The maximum absolute atomic E-state index is 12.4. The number of carbonyl (C=O) groups excluding carboxylic acids is 1. The van der Waals surface area contributed by atoms with Crippen molar-refractivity contribution in [1.82, 2.24) is 10.3 Å². The third-order valence-corrected chi connectivity index (χ3v) is 4.26. The summed E-state index contributed by atoms with van der Waals surface area (Å²) in [6, 6.07) is 11.7. The van der Waals surface area contributed by atoms with E-state index in [0.29, 0.717) is 5.56 Å². The molecule has 0 saturated carbocycles. The summed E-state index contributed by atoms with van der Waals surface area (Å²) in [6.07, 6.45) is 3.94. The molecule has 1 atom stereocenters. The van der Waals surface area contributed by atoms with Gasteiger partial charge in [-0.3, -0.25) is 4.79 Å². The number of hydrogen-bond acceptors (Lipinski definition) is 3. The fourth-order valence-electron chi connectivity index (χ4n) is 2.94. The van der Waals surface area contributed by atoms with E-state index in [1.807, 2.05) is 6.07 Å². The van der Waals surface area contributed by atoms with Gasteiger partial charge in [0.05, 0.1) is 5.56 Å². The monoisotopic (exact) mass is 315 g/mol. The number of rotatable bonds is 2. The smallest absolute Gasteiger partial charge is 0.255 e. The lowest BCUT2D eigenvalue weighted by molar-refractivity contribution is 0.0935. The first-order chi connectivity index (χ1) is 10.6. The number of pyridine rings is 1. The van der Waals surface area contributed by atoms with Crippen LogP contribution in [-0.4, -0.2) is 16.9 Å². The average molecular weight is 316 g/mol. The van der Waals surface area contributed by atoms with E-state index in [9.17, 15) is 4.79 Å². The predicted molar refractivity (Wildman–Crippen MR) is 88.0 cm³/mol. The van der Waals surface area contributed by atoms with Crippen LogP contribution in [0.4, 0.5) is 5.82 Å². The second kappa shape index (κ2) is 6.36. The molecule has 1 aromatic heterocycles. The molecule has 0 radical (unpaired) electrons. The van der Waals surface area contributed by atoms with Gasteiger partial charge in [-0.25, -0.2) is 4.98 Å². The number of aryl methyl sites for hydroxylation is 1. The first-order valence-corrected chi connectivity index (χ1v) is 7.81. The Morgan fingerprint density at radius 3 is 2.77 bits per heavy atom. The van der Waals surface area contributed by atoms with Crippen molar-refractivity contribution in [3.05, 3.63) is 58.2 Å². The normalized spacial score (nSPS) is 17.4. The van der Waals surface area contributed by atoms with Crippen molar-refractivity contribution in [1.29, 1.82) is 0 Å². The highest BCUT2D eigenvalue weighted by Crippen LogP contribution is 2.21. The summed E-state index contributed by atoms with van der Waals surface area (Å²) in [5.74, 6) is -0.0231. The lowest BCUT2D eigenvalue weighted by atomic mass is 10.0. The number of nitrogen functional groups attached to an aromatic ring is 1. The van der Waals surface area contributed by atoms with Gasteiger partial charge in [-0.05, 0) is 48.9 Å². The molecule has 1 heterocycles. The fourth-order valence-corrected chi connectivity index (χ4v) is 3.09. The molecule has 1 unspecified atom stereocenters. The van der Waals surface area contributed by atoms with E-state index >= 15 is 0 Å². The molecule has 2 aromatic rings. The van der Waals surface area contributed by atoms with E-state index in [-0.39, 0.29) is 22.9 Å². The van der Waals surface area contributed by atoms with Crippen LogP contribution in [0.3, 0.4) is 0 Å². The minimum absolute atomic E-state index is 0.117. The third kappa shape index (κ3) is 3.22. The summed E-state index contributed by atoms with van der Waals surface area (Å²) in [7, 11) is 0. The molecule has 3 N–H and O–H groups in total. The highest BCUT2D eigenvalue weighted by Gasteiger charge is 2.20. The van der Waals surface area contributed by atoms with Crippen molar-refractivity contribution in [3.8, 4) is 0 Å². The number of hydrogen-bond donors (Lipinski definition) is 2. The summed E-state index contributed by atoms with van der Waals surface area (Å²) < 4.78 is 0. The molecule has 1 amide bonds. The third-order valence-electron chi connectivity index (χ3n) is 4.05. The molecule has 1 aromatic carbocycles. The fraction of sp³-hybridized carbons (Fsp3) is 0.294. The quantitative estimate of drug-likeness (QED) is 0.661. The predicted octanol–water partition coefficient (Wildman–Crippen LogP) is 2.99. The van der Waals surface area contributed by atoms with E-state index in [0.717, 1.165) is 25.7 Å². The number of anilines is 1. The Balaban J connectivity index is 1.74. The van der Waals surface area contributed by atoms with Gasteiger partial charge in [-0.15, -0.1) is 0 Å². The molecular formula is C17H18ClN3O. The molecular weight excluding hydrogens is 298 g/mol. The van der Waals surface area contributed by atoms with Crippen LogP contribution < -0.4 is 11.1 Å².